The minimum Gasteiger partial charge on any atom is -0.481 e. The molecule has 0 saturated carbocycles. The van der Waals surface area contributed by atoms with Crippen molar-refractivity contribution in [3.63, 3.8) is 0 Å². The highest BCUT2D eigenvalue weighted by molar-refractivity contribution is 5.88. The van der Waals surface area contributed by atoms with E-state index in [0.29, 0.717) is 0 Å². The van der Waals surface area contributed by atoms with Crippen LogP contribution in [-0.2, 0) is 9.59 Å². The number of carboxylic acids is 2. The second-order valence-corrected chi connectivity index (χ2v) is 3.44. The van der Waals surface area contributed by atoms with Crippen molar-refractivity contribution in [2.45, 2.75) is 20.3 Å². The van der Waals surface area contributed by atoms with Crippen LogP contribution in [0, 0.1) is 5.41 Å². The number of carboxylic acid groups (broad SMARTS) is 2. The van der Waals surface area contributed by atoms with Gasteiger partial charge in [-0.25, -0.2) is 0 Å². The first kappa shape index (κ1) is 15.3. The van der Waals surface area contributed by atoms with Gasteiger partial charge < -0.3 is 20.4 Å². The normalized spacial score (nSPS) is 10.0. The van der Waals surface area contributed by atoms with Crippen LogP contribution in [0.5, 0.6) is 0 Å². The molecule has 0 aromatic rings. The summed E-state index contributed by atoms with van der Waals surface area (Å²) in [5, 5.41) is 32.3. The SMILES string of the molecule is CC(C)(CO)CO.O=C(O)CC(=O)O. The van der Waals surface area contributed by atoms with Gasteiger partial charge in [-0.15, -0.1) is 0 Å². The molecular formula is C8H16O6. The second kappa shape index (κ2) is 7.28. The number of rotatable bonds is 4. The number of carbonyl (C=O) groups is 2. The van der Waals surface area contributed by atoms with E-state index in [0.717, 1.165) is 0 Å². The van der Waals surface area contributed by atoms with Gasteiger partial charge in [-0.1, -0.05) is 13.8 Å². The number of aliphatic hydroxyl groups is 2. The molecule has 0 radical (unpaired) electrons. The summed E-state index contributed by atoms with van der Waals surface area (Å²) < 4.78 is 0. The Labute approximate surface area is 81.8 Å². The Morgan fingerprint density at radius 1 is 1.00 bits per heavy atom. The van der Waals surface area contributed by atoms with Crippen LogP contribution in [0.3, 0.4) is 0 Å². The van der Waals surface area contributed by atoms with Crippen molar-refractivity contribution in [2.75, 3.05) is 13.2 Å². The summed E-state index contributed by atoms with van der Waals surface area (Å²) in [5.41, 5.74) is -0.306. The topological polar surface area (TPSA) is 115 Å². The van der Waals surface area contributed by atoms with Crippen molar-refractivity contribution in [2.24, 2.45) is 5.41 Å². The standard InChI is InChI=1S/C5H12O2.C3H4O4/c1-5(2,3-6)4-7;4-2(5)1-3(6)7/h6-7H,3-4H2,1-2H3;1H2,(H,4,5)(H,6,7). The molecule has 4 N–H and O–H groups in total. The molecular weight excluding hydrogens is 192 g/mol. The van der Waals surface area contributed by atoms with E-state index in [2.05, 4.69) is 0 Å². The molecule has 6 nitrogen and oxygen atoms in total. The third-order valence-corrected chi connectivity index (χ3v) is 1.16. The fourth-order valence-electron chi connectivity index (χ4n) is 0.179. The van der Waals surface area contributed by atoms with Gasteiger partial charge in [0.1, 0.15) is 6.42 Å². The molecule has 0 heterocycles. The lowest BCUT2D eigenvalue weighted by molar-refractivity contribution is -0.147. The second-order valence-electron chi connectivity index (χ2n) is 3.44. The zero-order valence-electron chi connectivity index (χ0n) is 8.23. The first-order valence-corrected chi connectivity index (χ1v) is 3.90. The lowest BCUT2D eigenvalue weighted by Gasteiger charge is -2.16. The molecule has 0 aliphatic rings. The maximum Gasteiger partial charge on any atom is 0.314 e. The molecule has 0 unspecified atom stereocenters. The van der Waals surface area contributed by atoms with E-state index >= 15 is 0 Å². The van der Waals surface area contributed by atoms with Crippen LogP contribution in [0.4, 0.5) is 0 Å². The molecule has 0 aliphatic heterocycles. The zero-order valence-corrected chi connectivity index (χ0v) is 8.23. The molecule has 0 bridgehead atoms. The summed E-state index contributed by atoms with van der Waals surface area (Å²) in [6.45, 7) is 3.69. The molecule has 6 heteroatoms. The van der Waals surface area contributed by atoms with Crippen molar-refractivity contribution in [1.29, 1.82) is 0 Å². The molecule has 0 aliphatic carbocycles. The first-order valence-electron chi connectivity index (χ1n) is 3.90. The van der Waals surface area contributed by atoms with Crippen LogP contribution in [0.1, 0.15) is 20.3 Å². The van der Waals surface area contributed by atoms with Gasteiger partial charge in [-0.05, 0) is 0 Å². The predicted octanol–water partition coefficient (Wildman–Crippen LogP) is -0.457. The lowest BCUT2D eigenvalue weighted by atomic mass is 9.97. The number of hydrogen-bond acceptors (Lipinski definition) is 4. The van der Waals surface area contributed by atoms with Crippen LogP contribution in [0.2, 0.25) is 0 Å². The van der Waals surface area contributed by atoms with Gasteiger partial charge in [0.2, 0.25) is 0 Å². The fourth-order valence-corrected chi connectivity index (χ4v) is 0.179. The summed E-state index contributed by atoms with van der Waals surface area (Å²) >= 11 is 0. The Bertz CT molecular complexity index is 168. The molecule has 0 fully saturated rings. The fraction of sp³-hybridized carbons (Fsp3) is 0.750. The van der Waals surface area contributed by atoms with Gasteiger partial charge in [-0.3, -0.25) is 9.59 Å². The highest BCUT2D eigenvalue weighted by Crippen LogP contribution is 2.10. The van der Waals surface area contributed by atoms with Gasteiger partial charge in [0, 0.05) is 5.41 Å². The summed E-state index contributed by atoms with van der Waals surface area (Å²) in [4.78, 5) is 18.9. The largest absolute Gasteiger partial charge is 0.481 e. The molecule has 0 rings (SSSR count). The van der Waals surface area contributed by atoms with Crippen LogP contribution >= 0.6 is 0 Å². The van der Waals surface area contributed by atoms with Gasteiger partial charge >= 0.3 is 11.9 Å². The van der Waals surface area contributed by atoms with Crippen LogP contribution in [-0.4, -0.2) is 45.6 Å². The van der Waals surface area contributed by atoms with Crippen molar-refractivity contribution in [1.82, 2.24) is 0 Å². The smallest absolute Gasteiger partial charge is 0.314 e. The Balaban J connectivity index is 0. The Morgan fingerprint density at radius 2 is 1.29 bits per heavy atom. The Kier molecular flexibility index (Phi) is 7.98. The maximum absolute atomic E-state index is 9.43. The van der Waals surface area contributed by atoms with E-state index in [1.54, 1.807) is 13.8 Å². The van der Waals surface area contributed by atoms with Gasteiger partial charge in [-0.2, -0.15) is 0 Å². The summed E-state index contributed by atoms with van der Waals surface area (Å²) in [5.74, 6) is -2.62. The van der Waals surface area contributed by atoms with E-state index < -0.39 is 18.4 Å². The summed E-state index contributed by atoms with van der Waals surface area (Å²) in [6, 6.07) is 0. The zero-order chi connectivity index (χ0) is 11.8. The monoisotopic (exact) mass is 208 g/mol. The highest BCUT2D eigenvalue weighted by atomic mass is 16.4. The van der Waals surface area contributed by atoms with Crippen LogP contribution in [0.15, 0.2) is 0 Å². The average molecular weight is 208 g/mol. The molecule has 0 spiro atoms. The molecule has 0 amide bonds. The van der Waals surface area contributed by atoms with Crippen molar-refractivity contribution in [3.05, 3.63) is 0 Å². The van der Waals surface area contributed by atoms with Gasteiger partial charge in [0.05, 0.1) is 13.2 Å². The van der Waals surface area contributed by atoms with Crippen molar-refractivity contribution < 1.29 is 30.0 Å². The summed E-state index contributed by atoms with van der Waals surface area (Å²) in [6.07, 6.45) is -0.806. The number of aliphatic carboxylic acids is 2. The quantitative estimate of drug-likeness (QED) is 0.465. The number of aliphatic hydroxyl groups excluding tert-OH is 2. The average Bonchev–Trinajstić information content (AvgIpc) is 2.03. The molecule has 0 aromatic heterocycles. The first-order chi connectivity index (χ1) is 6.25. The van der Waals surface area contributed by atoms with Gasteiger partial charge in [0.15, 0.2) is 0 Å². The van der Waals surface area contributed by atoms with E-state index in [1.807, 2.05) is 0 Å². The number of hydrogen-bond donors (Lipinski definition) is 4. The minimum absolute atomic E-state index is 0.0451. The third kappa shape index (κ3) is 13.4. The predicted molar refractivity (Wildman–Crippen MR) is 47.8 cm³/mol. The van der Waals surface area contributed by atoms with E-state index in [1.165, 1.54) is 0 Å². The highest BCUT2D eigenvalue weighted by Gasteiger charge is 2.13. The molecule has 0 aromatic carbocycles. The third-order valence-electron chi connectivity index (χ3n) is 1.16. The van der Waals surface area contributed by atoms with Crippen LogP contribution in [0.25, 0.3) is 0 Å². The lowest BCUT2D eigenvalue weighted by Crippen LogP contribution is -2.20. The molecule has 84 valence electrons. The van der Waals surface area contributed by atoms with E-state index in [9.17, 15) is 9.59 Å². The molecule has 0 saturated heterocycles. The van der Waals surface area contributed by atoms with Gasteiger partial charge in [0.25, 0.3) is 0 Å². The van der Waals surface area contributed by atoms with Crippen molar-refractivity contribution in [3.8, 4) is 0 Å². The minimum atomic E-state index is -1.31. The Morgan fingerprint density at radius 3 is 1.29 bits per heavy atom. The Hall–Kier alpha value is -1.14. The van der Waals surface area contributed by atoms with E-state index in [4.69, 9.17) is 20.4 Å². The van der Waals surface area contributed by atoms with Crippen molar-refractivity contribution >= 4 is 11.9 Å². The van der Waals surface area contributed by atoms with E-state index in [-0.39, 0.29) is 18.6 Å². The maximum atomic E-state index is 9.43. The molecule has 14 heavy (non-hydrogen) atoms. The molecule has 0 atom stereocenters. The van der Waals surface area contributed by atoms with Crippen LogP contribution < -0.4 is 0 Å². The summed E-state index contributed by atoms with van der Waals surface area (Å²) in [7, 11) is 0.